The first-order chi connectivity index (χ1) is 8.26. The number of pyridine rings is 1. The van der Waals surface area contributed by atoms with E-state index in [1.807, 2.05) is 6.07 Å². The molecule has 17 heavy (non-hydrogen) atoms. The SMILES string of the molecule is N#CC(C#N)=Cc1ccc2ncccc2c1Cl. The van der Waals surface area contributed by atoms with Gasteiger partial charge in [0.05, 0.1) is 10.5 Å². The Kier molecular flexibility index (Phi) is 3.05. The van der Waals surface area contributed by atoms with Crippen LogP contribution in [0.25, 0.3) is 17.0 Å². The van der Waals surface area contributed by atoms with Gasteiger partial charge < -0.3 is 0 Å². The molecule has 1 aromatic carbocycles. The number of hydrogen-bond acceptors (Lipinski definition) is 3. The van der Waals surface area contributed by atoms with E-state index in [9.17, 15) is 0 Å². The summed E-state index contributed by atoms with van der Waals surface area (Å²) in [6, 6.07) is 10.8. The van der Waals surface area contributed by atoms with Gasteiger partial charge in [-0.25, -0.2) is 0 Å². The standard InChI is InChI=1S/C13H6ClN3/c14-13-10(6-9(7-15)8-16)3-4-12-11(13)2-1-5-17-12/h1-6H. The molecule has 3 nitrogen and oxygen atoms in total. The average Bonchev–Trinajstić information content (AvgIpc) is 2.38. The van der Waals surface area contributed by atoms with E-state index in [1.54, 1.807) is 36.5 Å². The fraction of sp³-hybridized carbons (Fsp3) is 0. The Bertz CT molecular complexity index is 674. The lowest BCUT2D eigenvalue weighted by atomic mass is 10.1. The zero-order valence-electron chi connectivity index (χ0n) is 8.68. The van der Waals surface area contributed by atoms with Gasteiger partial charge in [0.25, 0.3) is 0 Å². The van der Waals surface area contributed by atoms with Crippen molar-refractivity contribution in [2.45, 2.75) is 0 Å². The first-order valence-electron chi connectivity index (χ1n) is 4.81. The summed E-state index contributed by atoms with van der Waals surface area (Å²) in [5, 5.41) is 18.7. The number of fused-ring (bicyclic) bond motifs is 1. The van der Waals surface area contributed by atoms with Gasteiger partial charge in [-0.05, 0) is 29.8 Å². The number of benzene rings is 1. The third-order valence-corrected chi connectivity index (χ3v) is 2.71. The van der Waals surface area contributed by atoms with E-state index in [-0.39, 0.29) is 5.57 Å². The molecule has 0 bridgehead atoms. The number of nitrogens with zero attached hydrogens (tertiary/aromatic N) is 3. The van der Waals surface area contributed by atoms with E-state index in [4.69, 9.17) is 22.1 Å². The van der Waals surface area contributed by atoms with Crippen molar-refractivity contribution in [3.8, 4) is 12.1 Å². The van der Waals surface area contributed by atoms with E-state index in [2.05, 4.69) is 4.98 Å². The topological polar surface area (TPSA) is 60.5 Å². The summed E-state index contributed by atoms with van der Waals surface area (Å²) >= 11 is 6.20. The molecule has 2 aromatic rings. The van der Waals surface area contributed by atoms with Crippen molar-refractivity contribution in [3.63, 3.8) is 0 Å². The predicted molar refractivity (Wildman–Crippen MR) is 66.0 cm³/mol. The second kappa shape index (κ2) is 4.65. The highest BCUT2D eigenvalue weighted by Crippen LogP contribution is 2.27. The largest absolute Gasteiger partial charge is 0.256 e. The van der Waals surface area contributed by atoms with Crippen LogP contribution in [0.5, 0.6) is 0 Å². The number of rotatable bonds is 1. The van der Waals surface area contributed by atoms with Gasteiger partial charge in [0.2, 0.25) is 0 Å². The van der Waals surface area contributed by atoms with Crippen LogP contribution in [0.1, 0.15) is 5.56 Å². The molecule has 0 aliphatic rings. The maximum Gasteiger partial charge on any atom is 0.130 e. The molecule has 1 heterocycles. The molecule has 0 saturated heterocycles. The summed E-state index contributed by atoms with van der Waals surface area (Å²) in [5.41, 5.74) is 1.45. The van der Waals surface area contributed by atoms with E-state index in [0.29, 0.717) is 10.6 Å². The highest BCUT2D eigenvalue weighted by Gasteiger charge is 2.05. The normalized spacial score (nSPS) is 9.35. The van der Waals surface area contributed by atoms with Gasteiger partial charge in [-0.3, -0.25) is 4.98 Å². The van der Waals surface area contributed by atoms with Crippen molar-refractivity contribution in [3.05, 3.63) is 46.6 Å². The Morgan fingerprint density at radius 2 is 2.00 bits per heavy atom. The molecule has 0 saturated carbocycles. The van der Waals surface area contributed by atoms with Gasteiger partial charge >= 0.3 is 0 Å². The third-order valence-electron chi connectivity index (χ3n) is 2.29. The molecular weight excluding hydrogens is 234 g/mol. The molecule has 4 heteroatoms. The van der Waals surface area contributed by atoms with Crippen LogP contribution in [0.4, 0.5) is 0 Å². The summed E-state index contributed by atoms with van der Waals surface area (Å²) in [6.45, 7) is 0. The van der Waals surface area contributed by atoms with Gasteiger partial charge in [0.1, 0.15) is 17.7 Å². The Morgan fingerprint density at radius 3 is 2.71 bits per heavy atom. The molecular formula is C13H6ClN3. The van der Waals surface area contributed by atoms with Crippen LogP contribution in [0.2, 0.25) is 5.02 Å². The van der Waals surface area contributed by atoms with E-state index >= 15 is 0 Å². The molecule has 0 N–H and O–H groups in total. The van der Waals surface area contributed by atoms with Crippen LogP contribution in [0.3, 0.4) is 0 Å². The fourth-order valence-corrected chi connectivity index (χ4v) is 1.77. The van der Waals surface area contributed by atoms with Crippen molar-refractivity contribution in [1.82, 2.24) is 4.98 Å². The molecule has 1 aromatic heterocycles. The quantitative estimate of drug-likeness (QED) is 0.717. The zero-order valence-corrected chi connectivity index (χ0v) is 9.44. The molecule has 0 atom stereocenters. The minimum Gasteiger partial charge on any atom is -0.256 e. The minimum absolute atomic E-state index is 0.0233. The van der Waals surface area contributed by atoms with Crippen LogP contribution >= 0.6 is 11.6 Å². The van der Waals surface area contributed by atoms with Crippen molar-refractivity contribution in [1.29, 1.82) is 10.5 Å². The predicted octanol–water partition coefficient (Wildman–Crippen LogP) is 3.32. The average molecular weight is 240 g/mol. The van der Waals surface area contributed by atoms with Crippen molar-refractivity contribution < 1.29 is 0 Å². The number of halogens is 1. The van der Waals surface area contributed by atoms with Gasteiger partial charge in [-0.2, -0.15) is 10.5 Å². The van der Waals surface area contributed by atoms with Gasteiger partial charge in [0.15, 0.2) is 0 Å². The lowest BCUT2D eigenvalue weighted by Gasteiger charge is -2.02. The number of aromatic nitrogens is 1. The maximum atomic E-state index is 8.70. The van der Waals surface area contributed by atoms with Crippen LogP contribution in [0, 0.1) is 22.7 Å². The second-order valence-electron chi connectivity index (χ2n) is 3.32. The summed E-state index contributed by atoms with van der Waals surface area (Å²) in [5.74, 6) is 0. The molecule has 0 aliphatic carbocycles. The van der Waals surface area contributed by atoms with Crippen molar-refractivity contribution >= 4 is 28.6 Å². The van der Waals surface area contributed by atoms with Crippen LogP contribution in [-0.4, -0.2) is 4.98 Å². The van der Waals surface area contributed by atoms with E-state index in [1.165, 1.54) is 6.08 Å². The lowest BCUT2D eigenvalue weighted by Crippen LogP contribution is -1.83. The van der Waals surface area contributed by atoms with E-state index in [0.717, 1.165) is 10.9 Å². The Labute approximate surface area is 103 Å². The molecule has 0 radical (unpaired) electrons. The summed E-state index contributed by atoms with van der Waals surface area (Å²) in [7, 11) is 0. The molecule has 0 spiro atoms. The van der Waals surface area contributed by atoms with Crippen LogP contribution in [0.15, 0.2) is 36.0 Å². The van der Waals surface area contributed by atoms with E-state index < -0.39 is 0 Å². The molecule has 80 valence electrons. The van der Waals surface area contributed by atoms with Crippen molar-refractivity contribution in [2.24, 2.45) is 0 Å². The van der Waals surface area contributed by atoms with Gasteiger partial charge in [0, 0.05) is 11.6 Å². The molecule has 0 fully saturated rings. The third kappa shape index (κ3) is 2.10. The van der Waals surface area contributed by atoms with Crippen LogP contribution < -0.4 is 0 Å². The lowest BCUT2D eigenvalue weighted by molar-refractivity contribution is 1.41. The highest BCUT2D eigenvalue weighted by molar-refractivity contribution is 6.36. The highest BCUT2D eigenvalue weighted by atomic mass is 35.5. The Balaban J connectivity index is 2.67. The minimum atomic E-state index is 0.0233. The monoisotopic (exact) mass is 239 g/mol. The Morgan fingerprint density at radius 1 is 1.24 bits per heavy atom. The summed E-state index contributed by atoms with van der Waals surface area (Å²) in [4.78, 5) is 4.17. The molecule has 2 rings (SSSR count). The first kappa shape index (κ1) is 11.1. The summed E-state index contributed by atoms with van der Waals surface area (Å²) in [6.07, 6.45) is 3.15. The number of hydrogen-bond donors (Lipinski definition) is 0. The smallest absolute Gasteiger partial charge is 0.130 e. The molecule has 0 unspecified atom stereocenters. The van der Waals surface area contributed by atoms with Crippen molar-refractivity contribution in [2.75, 3.05) is 0 Å². The molecule has 0 aliphatic heterocycles. The van der Waals surface area contributed by atoms with Gasteiger partial charge in [-0.1, -0.05) is 17.7 Å². The van der Waals surface area contributed by atoms with Gasteiger partial charge in [-0.15, -0.1) is 0 Å². The number of nitriles is 2. The second-order valence-corrected chi connectivity index (χ2v) is 3.70. The Hall–Kier alpha value is -2.36. The number of allylic oxidation sites excluding steroid dienone is 1. The summed E-state index contributed by atoms with van der Waals surface area (Å²) < 4.78 is 0. The maximum absolute atomic E-state index is 8.70. The zero-order chi connectivity index (χ0) is 12.3. The van der Waals surface area contributed by atoms with Crippen LogP contribution in [-0.2, 0) is 0 Å². The molecule has 0 amide bonds. The first-order valence-corrected chi connectivity index (χ1v) is 5.19. The fourth-order valence-electron chi connectivity index (χ4n) is 1.49.